The van der Waals surface area contributed by atoms with E-state index in [4.69, 9.17) is 4.74 Å². The number of aromatic nitrogens is 1. The van der Waals surface area contributed by atoms with Crippen molar-refractivity contribution in [3.63, 3.8) is 0 Å². The topological polar surface area (TPSA) is 42.4 Å². The number of benzene rings is 2. The van der Waals surface area contributed by atoms with Crippen LogP contribution in [0.1, 0.15) is 10.4 Å². The van der Waals surface area contributed by atoms with Gasteiger partial charge in [-0.15, -0.1) is 0 Å². The lowest BCUT2D eigenvalue weighted by Crippen LogP contribution is -2.40. The van der Waals surface area contributed by atoms with E-state index < -0.39 is 11.6 Å². The molecule has 3 aromatic rings. The van der Waals surface area contributed by atoms with Crippen LogP contribution in [-0.2, 0) is 4.74 Å². The summed E-state index contributed by atoms with van der Waals surface area (Å²) in [7, 11) is 0. The summed E-state index contributed by atoms with van der Waals surface area (Å²) in [6.45, 7) is 2.09. The molecule has 1 amide bonds. The van der Waals surface area contributed by atoms with Crippen LogP contribution in [-0.4, -0.2) is 42.1 Å². The minimum atomic E-state index is -0.656. The van der Waals surface area contributed by atoms with E-state index >= 15 is 0 Å². The molecule has 2 heterocycles. The van der Waals surface area contributed by atoms with Crippen LogP contribution in [0.25, 0.3) is 10.9 Å². The van der Waals surface area contributed by atoms with Gasteiger partial charge in [-0.3, -0.25) is 4.79 Å². The molecule has 0 spiro atoms. The zero-order chi connectivity index (χ0) is 18.8. The van der Waals surface area contributed by atoms with Crippen LogP contribution >= 0.6 is 11.8 Å². The van der Waals surface area contributed by atoms with Gasteiger partial charge in [-0.1, -0.05) is 30.0 Å². The van der Waals surface area contributed by atoms with Crippen LogP contribution < -0.4 is 0 Å². The zero-order valence-corrected chi connectivity index (χ0v) is 15.1. The number of carbonyl (C=O) groups excluding carboxylic acids is 1. The molecular formula is C20H16F2N2O2S. The van der Waals surface area contributed by atoms with Gasteiger partial charge in [0, 0.05) is 29.4 Å². The van der Waals surface area contributed by atoms with Gasteiger partial charge in [-0.05, 0) is 24.3 Å². The second-order valence-electron chi connectivity index (χ2n) is 6.11. The van der Waals surface area contributed by atoms with Crippen LogP contribution in [0.3, 0.4) is 0 Å². The number of ether oxygens (including phenoxy) is 1. The van der Waals surface area contributed by atoms with Crippen molar-refractivity contribution in [2.45, 2.75) is 9.92 Å². The average molecular weight is 386 g/mol. The van der Waals surface area contributed by atoms with Crippen molar-refractivity contribution in [1.29, 1.82) is 0 Å². The molecule has 1 aliphatic heterocycles. The highest BCUT2D eigenvalue weighted by molar-refractivity contribution is 7.99. The van der Waals surface area contributed by atoms with Crippen molar-refractivity contribution in [1.82, 2.24) is 9.88 Å². The lowest BCUT2D eigenvalue weighted by molar-refractivity contribution is 0.0304. The number of para-hydroxylation sites is 1. The fourth-order valence-corrected chi connectivity index (χ4v) is 3.83. The number of halogens is 2. The van der Waals surface area contributed by atoms with E-state index in [-0.39, 0.29) is 10.8 Å². The summed E-state index contributed by atoms with van der Waals surface area (Å²) in [6, 6.07) is 12.4. The van der Waals surface area contributed by atoms with Gasteiger partial charge in [0.1, 0.15) is 16.7 Å². The monoisotopic (exact) mass is 386 g/mol. The smallest absolute Gasteiger partial charge is 0.254 e. The molecule has 1 aromatic heterocycles. The Kier molecular flexibility index (Phi) is 5.05. The summed E-state index contributed by atoms with van der Waals surface area (Å²) in [4.78, 5) is 19.6. The van der Waals surface area contributed by atoms with Gasteiger partial charge in [-0.2, -0.15) is 0 Å². The lowest BCUT2D eigenvalue weighted by Gasteiger charge is -2.27. The molecule has 27 heavy (non-hydrogen) atoms. The van der Waals surface area contributed by atoms with Crippen LogP contribution in [0.15, 0.2) is 58.5 Å². The van der Waals surface area contributed by atoms with Crippen LogP contribution in [0.5, 0.6) is 0 Å². The molecule has 7 heteroatoms. The molecule has 0 unspecified atom stereocenters. The molecule has 4 rings (SSSR count). The van der Waals surface area contributed by atoms with Gasteiger partial charge < -0.3 is 9.64 Å². The van der Waals surface area contributed by atoms with Gasteiger partial charge in [0.2, 0.25) is 0 Å². The van der Waals surface area contributed by atoms with Crippen molar-refractivity contribution in [2.24, 2.45) is 0 Å². The second kappa shape index (κ2) is 7.62. The first kappa shape index (κ1) is 17.9. The van der Waals surface area contributed by atoms with E-state index in [9.17, 15) is 13.6 Å². The first-order valence-corrected chi connectivity index (χ1v) is 9.33. The normalized spacial score (nSPS) is 14.5. The molecule has 0 radical (unpaired) electrons. The molecule has 0 N–H and O–H groups in total. The predicted octanol–water partition coefficient (Wildman–Crippen LogP) is 4.14. The van der Waals surface area contributed by atoms with Crippen LogP contribution in [0.2, 0.25) is 0 Å². The summed E-state index contributed by atoms with van der Waals surface area (Å²) in [5.41, 5.74) is 1.18. The molecule has 4 nitrogen and oxygen atoms in total. The average Bonchev–Trinajstić information content (AvgIpc) is 2.69. The van der Waals surface area contributed by atoms with E-state index in [1.165, 1.54) is 12.1 Å². The lowest BCUT2D eigenvalue weighted by atomic mass is 10.1. The van der Waals surface area contributed by atoms with Gasteiger partial charge in [-0.25, -0.2) is 13.8 Å². The van der Waals surface area contributed by atoms with Crippen molar-refractivity contribution >= 4 is 28.6 Å². The predicted molar refractivity (Wildman–Crippen MR) is 98.9 cm³/mol. The number of morpholine rings is 1. The summed E-state index contributed by atoms with van der Waals surface area (Å²) in [6.07, 6.45) is 0. The van der Waals surface area contributed by atoms with Crippen molar-refractivity contribution < 1.29 is 18.3 Å². The van der Waals surface area contributed by atoms with E-state index in [1.54, 1.807) is 11.0 Å². The Morgan fingerprint density at radius 3 is 2.63 bits per heavy atom. The Morgan fingerprint density at radius 1 is 1.07 bits per heavy atom. The Morgan fingerprint density at radius 2 is 1.85 bits per heavy atom. The standard InChI is InChI=1S/C20H16F2N2O2S/c21-13-5-6-18(16(22)11-13)27-19-12-15(14-3-1-2-4-17(14)23-19)20(25)24-7-9-26-10-8-24/h1-6,11-12H,7-10H2. The zero-order valence-electron chi connectivity index (χ0n) is 14.3. The number of nitrogens with zero attached hydrogens (tertiary/aromatic N) is 2. The van der Waals surface area contributed by atoms with E-state index in [1.807, 2.05) is 24.3 Å². The van der Waals surface area contributed by atoms with Crippen molar-refractivity contribution in [3.8, 4) is 0 Å². The SMILES string of the molecule is O=C(c1cc(Sc2ccc(F)cc2F)nc2ccccc12)N1CCOCC1. The van der Waals surface area contributed by atoms with E-state index in [2.05, 4.69) is 4.98 Å². The molecule has 0 bridgehead atoms. The molecule has 0 saturated carbocycles. The Balaban J connectivity index is 1.74. The molecule has 138 valence electrons. The number of amides is 1. The van der Waals surface area contributed by atoms with Gasteiger partial charge in [0.05, 0.1) is 24.3 Å². The minimum absolute atomic E-state index is 0.0988. The maximum Gasteiger partial charge on any atom is 0.254 e. The third-order valence-electron chi connectivity index (χ3n) is 4.33. The molecule has 0 atom stereocenters. The number of carbonyl (C=O) groups is 1. The third-order valence-corrected chi connectivity index (χ3v) is 5.30. The molecule has 2 aromatic carbocycles. The number of rotatable bonds is 3. The molecule has 1 saturated heterocycles. The number of fused-ring (bicyclic) bond motifs is 1. The molecular weight excluding hydrogens is 370 g/mol. The summed E-state index contributed by atoms with van der Waals surface area (Å²) in [5.74, 6) is -1.39. The molecule has 1 fully saturated rings. The van der Waals surface area contributed by atoms with Crippen LogP contribution in [0, 0.1) is 11.6 Å². The van der Waals surface area contributed by atoms with Gasteiger partial charge in [0.25, 0.3) is 5.91 Å². The van der Waals surface area contributed by atoms with E-state index in [0.29, 0.717) is 42.4 Å². The third kappa shape index (κ3) is 3.79. The van der Waals surface area contributed by atoms with Crippen molar-refractivity contribution in [3.05, 3.63) is 65.7 Å². The Labute approximate surface area is 159 Å². The maximum absolute atomic E-state index is 14.0. The highest BCUT2D eigenvalue weighted by atomic mass is 32.2. The van der Waals surface area contributed by atoms with Gasteiger partial charge in [0.15, 0.2) is 0 Å². The summed E-state index contributed by atoms with van der Waals surface area (Å²) >= 11 is 1.07. The Hall–Kier alpha value is -2.51. The fraction of sp³-hybridized carbons (Fsp3) is 0.200. The molecule has 0 aliphatic carbocycles. The first-order chi connectivity index (χ1) is 13.1. The highest BCUT2D eigenvalue weighted by Crippen LogP contribution is 2.32. The highest BCUT2D eigenvalue weighted by Gasteiger charge is 2.22. The number of pyridine rings is 1. The molecule has 1 aliphatic rings. The fourth-order valence-electron chi connectivity index (χ4n) is 2.99. The van der Waals surface area contributed by atoms with Crippen LogP contribution in [0.4, 0.5) is 8.78 Å². The second-order valence-corrected chi connectivity index (χ2v) is 7.17. The van der Waals surface area contributed by atoms with Crippen molar-refractivity contribution in [2.75, 3.05) is 26.3 Å². The quantitative estimate of drug-likeness (QED) is 0.679. The number of hydrogen-bond acceptors (Lipinski definition) is 4. The van der Waals surface area contributed by atoms with Gasteiger partial charge >= 0.3 is 0 Å². The first-order valence-electron chi connectivity index (χ1n) is 8.51. The Bertz CT molecular complexity index is 1010. The minimum Gasteiger partial charge on any atom is -0.378 e. The number of hydrogen-bond donors (Lipinski definition) is 0. The van der Waals surface area contributed by atoms with E-state index in [0.717, 1.165) is 23.2 Å². The maximum atomic E-state index is 14.0. The summed E-state index contributed by atoms with van der Waals surface area (Å²) < 4.78 is 32.5. The summed E-state index contributed by atoms with van der Waals surface area (Å²) in [5, 5.41) is 1.23. The largest absolute Gasteiger partial charge is 0.378 e.